The number of rotatable bonds is 2. The Morgan fingerprint density at radius 1 is 1.80 bits per heavy atom. The van der Waals surface area contributed by atoms with Crippen molar-refractivity contribution in [1.29, 1.82) is 0 Å². The molecule has 0 atom stereocenters. The molecule has 0 aliphatic heterocycles. The van der Waals surface area contributed by atoms with E-state index in [9.17, 15) is 0 Å². The summed E-state index contributed by atoms with van der Waals surface area (Å²) in [5.41, 5.74) is 0. The molecule has 0 aromatic carbocycles. The standard InChI is InChI=1S/C4H8.Ti/c1-3-4-2;/h1H,3-4H2,2H3;/q;+1. The van der Waals surface area contributed by atoms with E-state index in [1.54, 1.807) is 0 Å². The van der Waals surface area contributed by atoms with Gasteiger partial charge in [0, 0.05) is 0 Å². The molecule has 0 aromatic heterocycles. The van der Waals surface area contributed by atoms with Crippen LogP contribution in [0.1, 0.15) is 19.8 Å². The fourth-order valence-electron chi connectivity index (χ4n) is 0.144. The van der Waals surface area contributed by atoms with Crippen molar-refractivity contribution in [2.45, 2.75) is 19.8 Å². The zero-order valence-corrected chi connectivity index (χ0v) is 5.05. The van der Waals surface area contributed by atoms with Crippen molar-refractivity contribution in [1.82, 2.24) is 0 Å². The van der Waals surface area contributed by atoms with E-state index in [-0.39, 0.29) is 0 Å². The van der Waals surface area contributed by atoms with Crippen molar-refractivity contribution in [2.24, 2.45) is 0 Å². The summed E-state index contributed by atoms with van der Waals surface area (Å²) in [6.45, 7) is 2.18. The van der Waals surface area contributed by atoms with Crippen molar-refractivity contribution in [3.8, 4) is 0 Å². The van der Waals surface area contributed by atoms with Crippen LogP contribution in [0, 0.1) is 0 Å². The van der Waals surface area contributed by atoms with Gasteiger partial charge in [0.05, 0.1) is 0 Å². The van der Waals surface area contributed by atoms with Crippen molar-refractivity contribution in [3.05, 3.63) is 0 Å². The number of hydrogen-bond acceptors (Lipinski definition) is 0. The molecule has 0 heterocycles. The molecule has 0 unspecified atom stereocenters. The van der Waals surface area contributed by atoms with Gasteiger partial charge in [0.15, 0.2) is 0 Å². The van der Waals surface area contributed by atoms with E-state index in [0.717, 1.165) is 0 Å². The molecule has 0 aliphatic carbocycles. The molecule has 0 rings (SSSR count). The van der Waals surface area contributed by atoms with Crippen LogP contribution in [0.15, 0.2) is 0 Å². The molecule has 0 N–H and O–H groups in total. The zero-order valence-electron chi connectivity index (χ0n) is 3.49. The third-order valence-corrected chi connectivity index (χ3v) is 0.884. The van der Waals surface area contributed by atoms with Gasteiger partial charge >= 0.3 is 44.1 Å². The summed E-state index contributed by atoms with van der Waals surface area (Å²) in [7, 11) is 0. The summed E-state index contributed by atoms with van der Waals surface area (Å²) < 4.78 is 2.18. The second-order valence-electron chi connectivity index (χ2n) is 0.993. The summed E-state index contributed by atoms with van der Waals surface area (Å²) in [5, 5.41) is 0. The molecule has 0 bridgehead atoms. The Bertz CT molecular complexity index is 24.8. The molecule has 5 heavy (non-hydrogen) atoms. The van der Waals surface area contributed by atoms with Gasteiger partial charge in [0.25, 0.3) is 0 Å². The predicted octanol–water partition coefficient (Wildman–Crippen LogP) is 1.14. The molecule has 0 saturated carbocycles. The molecule has 0 saturated heterocycles. The van der Waals surface area contributed by atoms with Gasteiger partial charge in [-0.2, -0.15) is 0 Å². The monoisotopic (exact) mass is 104 g/mol. The van der Waals surface area contributed by atoms with E-state index in [0.29, 0.717) is 0 Å². The molecule has 0 fully saturated rings. The normalized spacial score (nSPS) is 7.80. The van der Waals surface area contributed by atoms with Crippen LogP contribution in [-0.4, -0.2) is 4.31 Å². The summed E-state index contributed by atoms with van der Waals surface area (Å²) in [6.07, 6.45) is 2.55. The summed E-state index contributed by atoms with van der Waals surface area (Å²) in [5.74, 6) is 0. The van der Waals surface area contributed by atoms with Gasteiger partial charge in [0.2, 0.25) is 0 Å². The zero-order chi connectivity index (χ0) is 4.12. The molecule has 0 nitrogen and oxygen atoms in total. The Labute approximate surface area is 44.5 Å². The van der Waals surface area contributed by atoms with Crippen molar-refractivity contribution in [3.63, 3.8) is 0 Å². The molecule has 0 aliphatic rings. The van der Waals surface area contributed by atoms with Crippen LogP contribution in [0.3, 0.4) is 0 Å². The van der Waals surface area contributed by atoms with Crippen LogP contribution in [0.2, 0.25) is 0 Å². The molecule has 0 spiro atoms. The Balaban J connectivity index is 2.40. The maximum absolute atomic E-state index is 2.18. The van der Waals surface area contributed by atoms with Gasteiger partial charge in [-0.25, -0.2) is 0 Å². The topological polar surface area (TPSA) is 0 Å². The van der Waals surface area contributed by atoms with E-state index in [1.807, 2.05) is 0 Å². The number of hydrogen-bond donors (Lipinski definition) is 0. The first kappa shape index (κ1) is 5.58. The van der Waals surface area contributed by atoms with Crippen LogP contribution in [0.5, 0.6) is 0 Å². The first-order chi connectivity index (χ1) is 2.41. The van der Waals surface area contributed by atoms with Gasteiger partial charge in [-0.15, -0.1) is 0 Å². The van der Waals surface area contributed by atoms with Gasteiger partial charge in [-0.1, -0.05) is 0 Å². The average molecular weight is 104 g/mol. The van der Waals surface area contributed by atoms with Crippen LogP contribution < -0.4 is 0 Å². The third kappa shape index (κ3) is 4.58. The quantitative estimate of drug-likeness (QED) is 0.460. The molecule has 0 amide bonds. The maximum atomic E-state index is 2.18. The van der Waals surface area contributed by atoms with Crippen LogP contribution in [-0.2, 0) is 20.0 Å². The van der Waals surface area contributed by atoms with E-state index < -0.39 is 0 Å². The molecule has 27 valence electrons. The predicted molar refractivity (Wildman–Crippen MR) is 21.0 cm³/mol. The van der Waals surface area contributed by atoms with Crippen molar-refractivity contribution in [2.75, 3.05) is 0 Å². The van der Waals surface area contributed by atoms with Gasteiger partial charge in [0.1, 0.15) is 0 Å². The molecular weight excluding hydrogens is 95.9 g/mol. The average Bonchev–Trinajstić information content (AvgIpc) is 1.41. The van der Waals surface area contributed by atoms with E-state index in [2.05, 4.69) is 31.2 Å². The summed E-state index contributed by atoms with van der Waals surface area (Å²) in [4.78, 5) is 0. The summed E-state index contributed by atoms with van der Waals surface area (Å²) >= 11 is 2.09. The minimum atomic E-state index is 1.26. The first-order valence-electron chi connectivity index (χ1n) is 1.90. The SMILES string of the molecule is CCC[CH]=[Ti+]. The van der Waals surface area contributed by atoms with Crippen molar-refractivity contribution >= 4 is 4.31 Å². The fourth-order valence-corrected chi connectivity index (χ4v) is 0.595. The van der Waals surface area contributed by atoms with Crippen LogP contribution in [0.25, 0.3) is 0 Å². The van der Waals surface area contributed by atoms with Crippen molar-refractivity contribution < 1.29 is 20.0 Å². The fraction of sp³-hybridized carbons (Fsp3) is 0.750. The second kappa shape index (κ2) is 4.58. The van der Waals surface area contributed by atoms with E-state index >= 15 is 0 Å². The van der Waals surface area contributed by atoms with Crippen LogP contribution >= 0.6 is 0 Å². The molecule has 0 radical (unpaired) electrons. The molecular formula is C4H8Ti+. The Hall–Kier alpha value is 0.584. The third-order valence-electron chi connectivity index (χ3n) is 0.433. The number of unbranched alkanes of at least 4 members (excludes halogenated alkanes) is 1. The second-order valence-corrected chi connectivity index (χ2v) is 1.63. The first-order valence-corrected chi connectivity index (χ1v) is 2.81. The van der Waals surface area contributed by atoms with Gasteiger partial charge in [-0.05, 0) is 0 Å². The Morgan fingerprint density at radius 3 is 2.40 bits per heavy atom. The Kier molecular flexibility index (Phi) is 5.12. The van der Waals surface area contributed by atoms with E-state index in [4.69, 9.17) is 0 Å². The van der Waals surface area contributed by atoms with Gasteiger partial charge in [-0.3, -0.25) is 0 Å². The van der Waals surface area contributed by atoms with E-state index in [1.165, 1.54) is 12.8 Å². The summed E-state index contributed by atoms with van der Waals surface area (Å²) in [6, 6.07) is 0. The molecule has 0 aromatic rings. The minimum absolute atomic E-state index is 1.26. The van der Waals surface area contributed by atoms with Gasteiger partial charge < -0.3 is 0 Å². The Morgan fingerprint density at radius 2 is 2.40 bits per heavy atom. The molecule has 1 heteroatoms. The van der Waals surface area contributed by atoms with Crippen LogP contribution in [0.4, 0.5) is 0 Å².